The fraction of sp³-hybridized carbons (Fsp3) is 0.263. The first-order valence-corrected chi connectivity index (χ1v) is 7.75. The number of carbonyl (C=O) groups excluding carboxylic acids is 2. The van der Waals surface area contributed by atoms with Crippen molar-refractivity contribution < 1.29 is 23.8 Å². The van der Waals surface area contributed by atoms with E-state index >= 15 is 0 Å². The monoisotopic (exact) mass is 343 g/mol. The van der Waals surface area contributed by atoms with Crippen LogP contribution in [0.15, 0.2) is 42.5 Å². The van der Waals surface area contributed by atoms with Gasteiger partial charge in [-0.2, -0.15) is 0 Å². The number of ether oxygens (including phenoxy) is 3. The van der Waals surface area contributed by atoms with Gasteiger partial charge in [0, 0.05) is 5.69 Å². The van der Waals surface area contributed by atoms with Gasteiger partial charge in [-0.3, -0.25) is 4.79 Å². The summed E-state index contributed by atoms with van der Waals surface area (Å²) in [4.78, 5) is 23.8. The van der Waals surface area contributed by atoms with Crippen molar-refractivity contribution in [3.05, 3.63) is 53.6 Å². The van der Waals surface area contributed by atoms with E-state index in [0.29, 0.717) is 22.7 Å². The Bertz CT molecular complexity index is 755. The largest absolute Gasteiger partial charge is 0.493 e. The van der Waals surface area contributed by atoms with Crippen molar-refractivity contribution in [2.24, 2.45) is 0 Å². The fourth-order valence-electron chi connectivity index (χ4n) is 2.13. The van der Waals surface area contributed by atoms with Crippen LogP contribution in [0.4, 0.5) is 5.69 Å². The Hall–Kier alpha value is -3.02. The van der Waals surface area contributed by atoms with Crippen molar-refractivity contribution >= 4 is 17.6 Å². The smallest absolute Gasteiger partial charge is 0.337 e. The van der Waals surface area contributed by atoms with E-state index in [2.05, 4.69) is 10.1 Å². The third kappa shape index (κ3) is 4.73. The van der Waals surface area contributed by atoms with Crippen LogP contribution in [0.5, 0.6) is 11.5 Å². The van der Waals surface area contributed by atoms with Gasteiger partial charge in [0.25, 0.3) is 5.91 Å². The predicted molar refractivity (Wildman–Crippen MR) is 94.2 cm³/mol. The number of nitrogens with one attached hydrogen (secondary N) is 1. The molecule has 0 saturated heterocycles. The first kappa shape index (κ1) is 18.3. The molecular weight excluding hydrogens is 322 g/mol. The standard InChI is InChI=1S/C19H21NO5/c1-12-5-8-15(9-6-12)20-18(21)13(2)25-16-10-7-14(19(22)24-4)11-17(16)23-3/h5-11,13H,1-4H3,(H,20,21). The van der Waals surface area contributed by atoms with Gasteiger partial charge in [0.05, 0.1) is 19.8 Å². The molecule has 0 radical (unpaired) electrons. The second-order valence-corrected chi connectivity index (χ2v) is 5.47. The van der Waals surface area contributed by atoms with Crippen LogP contribution in [0.1, 0.15) is 22.8 Å². The molecular formula is C19H21NO5. The third-order valence-corrected chi connectivity index (χ3v) is 3.58. The van der Waals surface area contributed by atoms with E-state index in [0.717, 1.165) is 5.56 Å². The van der Waals surface area contributed by atoms with Crippen molar-refractivity contribution in [1.82, 2.24) is 0 Å². The van der Waals surface area contributed by atoms with Crippen LogP contribution in [0.25, 0.3) is 0 Å². The number of amides is 1. The predicted octanol–water partition coefficient (Wildman–Crippen LogP) is 3.20. The summed E-state index contributed by atoms with van der Waals surface area (Å²) < 4.78 is 15.6. The quantitative estimate of drug-likeness (QED) is 0.816. The Labute approximate surface area is 146 Å². The van der Waals surface area contributed by atoms with Gasteiger partial charge in [-0.15, -0.1) is 0 Å². The van der Waals surface area contributed by atoms with Gasteiger partial charge in [0.1, 0.15) is 0 Å². The van der Waals surface area contributed by atoms with Gasteiger partial charge in [0.15, 0.2) is 17.6 Å². The van der Waals surface area contributed by atoms with Gasteiger partial charge in [-0.05, 0) is 44.2 Å². The van der Waals surface area contributed by atoms with Gasteiger partial charge in [-0.1, -0.05) is 17.7 Å². The molecule has 0 heterocycles. The summed E-state index contributed by atoms with van der Waals surface area (Å²) in [5.74, 6) is -0.0578. The lowest BCUT2D eigenvalue weighted by Crippen LogP contribution is -2.30. The molecule has 25 heavy (non-hydrogen) atoms. The lowest BCUT2D eigenvalue weighted by atomic mass is 10.2. The Balaban J connectivity index is 2.08. The molecule has 1 unspecified atom stereocenters. The Kier molecular flexibility index (Phi) is 6.00. The van der Waals surface area contributed by atoms with Gasteiger partial charge >= 0.3 is 5.97 Å². The average Bonchev–Trinajstić information content (AvgIpc) is 2.63. The van der Waals surface area contributed by atoms with Crippen LogP contribution < -0.4 is 14.8 Å². The van der Waals surface area contributed by atoms with Crippen molar-refractivity contribution in [3.8, 4) is 11.5 Å². The number of aryl methyl sites for hydroxylation is 1. The summed E-state index contributed by atoms with van der Waals surface area (Å²) in [5, 5.41) is 2.79. The molecule has 6 heteroatoms. The molecule has 0 fully saturated rings. The number of carbonyl (C=O) groups is 2. The highest BCUT2D eigenvalue weighted by Gasteiger charge is 2.18. The first-order valence-electron chi connectivity index (χ1n) is 7.75. The van der Waals surface area contributed by atoms with Crippen LogP contribution in [0, 0.1) is 6.92 Å². The highest BCUT2D eigenvalue weighted by Crippen LogP contribution is 2.29. The Morgan fingerprint density at radius 2 is 1.68 bits per heavy atom. The Morgan fingerprint density at radius 1 is 1.00 bits per heavy atom. The average molecular weight is 343 g/mol. The second-order valence-electron chi connectivity index (χ2n) is 5.47. The van der Waals surface area contributed by atoms with Gasteiger partial charge in [0.2, 0.25) is 0 Å². The minimum atomic E-state index is -0.751. The van der Waals surface area contributed by atoms with E-state index in [1.165, 1.54) is 20.3 Å². The number of rotatable bonds is 6. The zero-order valence-electron chi connectivity index (χ0n) is 14.7. The summed E-state index contributed by atoms with van der Waals surface area (Å²) in [6.07, 6.45) is -0.751. The van der Waals surface area contributed by atoms with Crippen LogP contribution in [-0.4, -0.2) is 32.2 Å². The molecule has 132 valence electrons. The summed E-state index contributed by atoms with van der Waals surface area (Å²) >= 11 is 0. The number of esters is 1. The molecule has 0 aliphatic heterocycles. The van der Waals surface area contributed by atoms with Crippen LogP contribution >= 0.6 is 0 Å². The number of hydrogen-bond donors (Lipinski definition) is 1. The zero-order chi connectivity index (χ0) is 18.4. The first-order chi connectivity index (χ1) is 11.9. The SMILES string of the molecule is COC(=O)c1ccc(OC(C)C(=O)Nc2ccc(C)cc2)c(OC)c1. The second kappa shape index (κ2) is 8.19. The minimum absolute atomic E-state index is 0.289. The van der Waals surface area contributed by atoms with E-state index in [9.17, 15) is 9.59 Å². The molecule has 1 N–H and O–H groups in total. The molecule has 0 spiro atoms. The maximum Gasteiger partial charge on any atom is 0.337 e. The molecule has 1 amide bonds. The van der Waals surface area contributed by atoms with E-state index in [1.54, 1.807) is 19.1 Å². The van der Waals surface area contributed by atoms with Crippen molar-refractivity contribution in [1.29, 1.82) is 0 Å². The van der Waals surface area contributed by atoms with Crippen molar-refractivity contribution in [2.45, 2.75) is 20.0 Å². The number of anilines is 1. The van der Waals surface area contributed by atoms with E-state index < -0.39 is 12.1 Å². The Morgan fingerprint density at radius 3 is 2.28 bits per heavy atom. The van der Waals surface area contributed by atoms with Crippen LogP contribution in [-0.2, 0) is 9.53 Å². The molecule has 6 nitrogen and oxygen atoms in total. The lowest BCUT2D eigenvalue weighted by molar-refractivity contribution is -0.122. The summed E-state index contributed by atoms with van der Waals surface area (Å²) in [7, 11) is 2.76. The normalized spacial score (nSPS) is 11.4. The summed E-state index contributed by atoms with van der Waals surface area (Å²) in [5.41, 5.74) is 2.14. The highest BCUT2D eigenvalue weighted by atomic mass is 16.5. The molecule has 2 aromatic rings. The molecule has 2 rings (SSSR count). The molecule has 0 aliphatic rings. The summed E-state index contributed by atoms with van der Waals surface area (Å²) in [6.45, 7) is 3.61. The van der Waals surface area contributed by atoms with Gasteiger partial charge in [-0.25, -0.2) is 4.79 Å². The molecule has 2 aromatic carbocycles. The van der Waals surface area contributed by atoms with Gasteiger partial charge < -0.3 is 19.5 Å². The molecule has 1 atom stereocenters. The van der Waals surface area contributed by atoms with Crippen LogP contribution in [0.3, 0.4) is 0 Å². The number of hydrogen-bond acceptors (Lipinski definition) is 5. The van der Waals surface area contributed by atoms with E-state index in [4.69, 9.17) is 9.47 Å². The van der Waals surface area contributed by atoms with E-state index in [-0.39, 0.29) is 5.91 Å². The van der Waals surface area contributed by atoms with E-state index in [1.807, 2.05) is 31.2 Å². The maximum atomic E-state index is 12.3. The lowest BCUT2D eigenvalue weighted by Gasteiger charge is -2.17. The van der Waals surface area contributed by atoms with Crippen LogP contribution in [0.2, 0.25) is 0 Å². The topological polar surface area (TPSA) is 73.9 Å². The minimum Gasteiger partial charge on any atom is -0.493 e. The maximum absolute atomic E-state index is 12.3. The molecule has 0 aromatic heterocycles. The number of benzene rings is 2. The van der Waals surface area contributed by atoms with Crippen molar-refractivity contribution in [2.75, 3.05) is 19.5 Å². The zero-order valence-corrected chi connectivity index (χ0v) is 14.7. The number of methoxy groups -OCH3 is 2. The summed E-state index contributed by atoms with van der Waals surface area (Å²) in [6, 6.07) is 12.1. The fourth-order valence-corrected chi connectivity index (χ4v) is 2.13. The highest BCUT2D eigenvalue weighted by molar-refractivity contribution is 5.94. The molecule has 0 saturated carbocycles. The molecule has 0 bridgehead atoms. The molecule has 0 aliphatic carbocycles. The third-order valence-electron chi connectivity index (χ3n) is 3.58. The van der Waals surface area contributed by atoms with Crippen molar-refractivity contribution in [3.63, 3.8) is 0 Å².